The third-order valence-corrected chi connectivity index (χ3v) is 4.65. The summed E-state index contributed by atoms with van der Waals surface area (Å²) in [6.07, 6.45) is 3.17. The molecule has 3 rings (SSSR count). The Morgan fingerprint density at radius 1 is 1.29 bits per heavy atom. The van der Waals surface area contributed by atoms with Crippen molar-refractivity contribution in [3.63, 3.8) is 0 Å². The van der Waals surface area contributed by atoms with Crippen molar-refractivity contribution in [1.82, 2.24) is 4.90 Å². The van der Waals surface area contributed by atoms with Gasteiger partial charge in [-0.15, -0.1) is 11.3 Å². The summed E-state index contributed by atoms with van der Waals surface area (Å²) in [5.41, 5.74) is 1.29. The Bertz CT molecular complexity index is 655. The lowest BCUT2D eigenvalue weighted by Crippen LogP contribution is -2.44. The van der Waals surface area contributed by atoms with E-state index in [2.05, 4.69) is 29.2 Å². The molecule has 1 atom stereocenters. The van der Waals surface area contributed by atoms with Crippen molar-refractivity contribution < 1.29 is 14.3 Å². The van der Waals surface area contributed by atoms with E-state index >= 15 is 0 Å². The molecule has 1 aromatic heterocycles. The second-order valence-electron chi connectivity index (χ2n) is 5.69. The molecule has 1 aliphatic heterocycles. The van der Waals surface area contributed by atoms with Crippen molar-refractivity contribution in [3.05, 3.63) is 64.4 Å². The molecule has 0 amide bonds. The normalized spacial score (nSPS) is 18.8. The molecule has 1 unspecified atom stereocenters. The third kappa shape index (κ3) is 5.30. The first-order chi connectivity index (χ1) is 11.8. The van der Waals surface area contributed by atoms with Crippen LogP contribution in [0.3, 0.4) is 0 Å². The van der Waals surface area contributed by atoms with Crippen molar-refractivity contribution in [2.45, 2.75) is 12.6 Å². The van der Waals surface area contributed by atoms with Crippen LogP contribution in [0.15, 0.2) is 53.9 Å². The Balaban J connectivity index is 1.43. The number of nitrogens with zero attached hydrogens (tertiary/aromatic N) is 1. The first-order valence-corrected chi connectivity index (χ1v) is 8.94. The van der Waals surface area contributed by atoms with Crippen molar-refractivity contribution >= 4 is 23.4 Å². The molecule has 1 saturated heterocycles. The van der Waals surface area contributed by atoms with Gasteiger partial charge in [-0.05, 0) is 23.1 Å². The SMILES string of the molecule is O=C(C=Cc1cccs1)OCC1CN(Cc2ccccc2)CCO1. The highest BCUT2D eigenvalue weighted by Crippen LogP contribution is 2.12. The van der Waals surface area contributed by atoms with E-state index in [0.29, 0.717) is 13.2 Å². The van der Waals surface area contributed by atoms with Crippen LogP contribution in [-0.4, -0.2) is 43.3 Å². The van der Waals surface area contributed by atoms with Crippen molar-refractivity contribution in [3.8, 4) is 0 Å². The molecular weight excluding hydrogens is 322 g/mol. The summed E-state index contributed by atoms with van der Waals surface area (Å²) in [6, 6.07) is 14.3. The molecule has 24 heavy (non-hydrogen) atoms. The van der Waals surface area contributed by atoms with E-state index in [1.54, 1.807) is 17.4 Å². The van der Waals surface area contributed by atoms with Crippen LogP contribution in [0.25, 0.3) is 6.08 Å². The molecule has 1 aliphatic rings. The fraction of sp³-hybridized carbons (Fsp3) is 0.316. The summed E-state index contributed by atoms with van der Waals surface area (Å²) in [6.45, 7) is 3.53. The fourth-order valence-corrected chi connectivity index (χ4v) is 3.24. The molecule has 2 aromatic rings. The maximum Gasteiger partial charge on any atom is 0.330 e. The van der Waals surface area contributed by atoms with Gasteiger partial charge in [0, 0.05) is 30.6 Å². The Morgan fingerprint density at radius 2 is 2.17 bits per heavy atom. The Hall–Kier alpha value is -1.95. The fourth-order valence-electron chi connectivity index (χ4n) is 2.63. The lowest BCUT2D eigenvalue weighted by atomic mass is 10.2. The predicted molar refractivity (Wildman–Crippen MR) is 95.8 cm³/mol. The van der Waals surface area contributed by atoms with E-state index in [4.69, 9.17) is 9.47 Å². The summed E-state index contributed by atoms with van der Waals surface area (Å²) in [5.74, 6) is -0.327. The van der Waals surface area contributed by atoms with Crippen LogP contribution in [0.2, 0.25) is 0 Å². The molecule has 126 valence electrons. The molecular formula is C19H21NO3S. The maximum absolute atomic E-state index is 11.8. The van der Waals surface area contributed by atoms with Gasteiger partial charge in [-0.25, -0.2) is 4.79 Å². The van der Waals surface area contributed by atoms with Gasteiger partial charge in [0.15, 0.2) is 0 Å². The highest BCUT2D eigenvalue weighted by atomic mass is 32.1. The van der Waals surface area contributed by atoms with Crippen LogP contribution in [0.1, 0.15) is 10.4 Å². The van der Waals surface area contributed by atoms with Crippen LogP contribution in [0.4, 0.5) is 0 Å². The summed E-state index contributed by atoms with van der Waals surface area (Å²) < 4.78 is 11.0. The van der Waals surface area contributed by atoms with Gasteiger partial charge in [0.05, 0.1) is 6.61 Å². The molecule has 0 bridgehead atoms. The number of morpholine rings is 1. The number of thiophene rings is 1. The quantitative estimate of drug-likeness (QED) is 0.596. The van der Waals surface area contributed by atoms with Crippen LogP contribution < -0.4 is 0 Å². The lowest BCUT2D eigenvalue weighted by Gasteiger charge is -2.32. The minimum absolute atomic E-state index is 0.0680. The number of hydrogen-bond donors (Lipinski definition) is 0. The minimum atomic E-state index is -0.327. The van der Waals surface area contributed by atoms with Gasteiger partial charge in [0.2, 0.25) is 0 Å². The van der Waals surface area contributed by atoms with E-state index in [1.807, 2.05) is 23.6 Å². The number of rotatable bonds is 6. The minimum Gasteiger partial charge on any atom is -0.460 e. The Morgan fingerprint density at radius 3 is 2.96 bits per heavy atom. The number of hydrogen-bond acceptors (Lipinski definition) is 5. The van der Waals surface area contributed by atoms with Crippen LogP contribution in [0, 0.1) is 0 Å². The highest BCUT2D eigenvalue weighted by molar-refractivity contribution is 7.10. The van der Waals surface area contributed by atoms with Gasteiger partial charge < -0.3 is 9.47 Å². The van der Waals surface area contributed by atoms with Gasteiger partial charge in [0.1, 0.15) is 12.7 Å². The van der Waals surface area contributed by atoms with E-state index < -0.39 is 0 Å². The summed E-state index contributed by atoms with van der Waals surface area (Å²) in [5, 5.41) is 1.97. The molecule has 0 aliphatic carbocycles. The second kappa shape index (κ2) is 8.78. The largest absolute Gasteiger partial charge is 0.460 e. The van der Waals surface area contributed by atoms with Gasteiger partial charge >= 0.3 is 5.97 Å². The van der Waals surface area contributed by atoms with Crippen molar-refractivity contribution in [2.24, 2.45) is 0 Å². The number of carbonyl (C=O) groups is 1. The van der Waals surface area contributed by atoms with Gasteiger partial charge in [-0.1, -0.05) is 36.4 Å². The van der Waals surface area contributed by atoms with E-state index in [-0.39, 0.29) is 12.1 Å². The van der Waals surface area contributed by atoms with E-state index in [0.717, 1.165) is 24.5 Å². The third-order valence-electron chi connectivity index (χ3n) is 3.81. The molecule has 0 spiro atoms. The number of esters is 1. The average molecular weight is 343 g/mol. The van der Waals surface area contributed by atoms with Crippen molar-refractivity contribution in [1.29, 1.82) is 0 Å². The molecule has 0 N–H and O–H groups in total. The molecule has 0 radical (unpaired) electrons. The topological polar surface area (TPSA) is 38.8 Å². The smallest absolute Gasteiger partial charge is 0.330 e. The first kappa shape index (κ1) is 16.9. The number of ether oxygens (including phenoxy) is 2. The lowest BCUT2D eigenvalue weighted by molar-refractivity contribution is -0.144. The highest BCUT2D eigenvalue weighted by Gasteiger charge is 2.21. The van der Waals surface area contributed by atoms with E-state index in [9.17, 15) is 4.79 Å². The predicted octanol–water partition coefficient (Wildman–Crippen LogP) is 3.21. The maximum atomic E-state index is 11.8. The zero-order chi connectivity index (χ0) is 16.6. The van der Waals surface area contributed by atoms with Crippen LogP contribution in [-0.2, 0) is 20.8 Å². The van der Waals surface area contributed by atoms with Gasteiger partial charge in [-0.3, -0.25) is 4.90 Å². The molecule has 4 nitrogen and oxygen atoms in total. The van der Waals surface area contributed by atoms with E-state index in [1.165, 1.54) is 11.6 Å². The summed E-state index contributed by atoms with van der Waals surface area (Å²) in [7, 11) is 0. The molecule has 2 heterocycles. The zero-order valence-electron chi connectivity index (χ0n) is 13.5. The second-order valence-corrected chi connectivity index (χ2v) is 6.67. The van der Waals surface area contributed by atoms with Crippen LogP contribution in [0.5, 0.6) is 0 Å². The molecule has 1 aromatic carbocycles. The Kier molecular flexibility index (Phi) is 6.18. The number of carbonyl (C=O) groups excluding carboxylic acids is 1. The standard InChI is InChI=1S/C19H21NO3S/c21-19(9-8-18-7-4-12-24-18)23-15-17-14-20(10-11-22-17)13-16-5-2-1-3-6-16/h1-9,12,17H,10-11,13-15H2. The van der Waals surface area contributed by atoms with Gasteiger partial charge in [0.25, 0.3) is 0 Å². The first-order valence-electron chi connectivity index (χ1n) is 8.06. The summed E-state index contributed by atoms with van der Waals surface area (Å²) >= 11 is 1.59. The Labute approximate surface area is 146 Å². The molecule has 1 fully saturated rings. The zero-order valence-corrected chi connectivity index (χ0v) is 14.3. The molecule has 5 heteroatoms. The monoisotopic (exact) mass is 343 g/mol. The molecule has 0 saturated carbocycles. The van der Waals surface area contributed by atoms with Crippen molar-refractivity contribution in [2.75, 3.05) is 26.3 Å². The summed E-state index contributed by atoms with van der Waals surface area (Å²) in [4.78, 5) is 15.1. The van der Waals surface area contributed by atoms with Crippen LogP contribution >= 0.6 is 11.3 Å². The number of benzene rings is 1. The van der Waals surface area contributed by atoms with Gasteiger partial charge in [-0.2, -0.15) is 0 Å². The average Bonchev–Trinajstić information content (AvgIpc) is 3.13.